The van der Waals surface area contributed by atoms with Crippen LogP contribution < -0.4 is 5.32 Å². The first kappa shape index (κ1) is 12.6. The van der Waals surface area contributed by atoms with Gasteiger partial charge in [-0.05, 0) is 32.0 Å². The molecule has 0 radical (unpaired) electrons. The van der Waals surface area contributed by atoms with Gasteiger partial charge in [-0.2, -0.15) is 0 Å². The Morgan fingerprint density at radius 2 is 2.28 bits per heavy atom. The predicted octanol–water partition coefficient (Wildman–Crippen LogP) is 1.99. The van der Waals surface area contributed by atoms with Gasteiger partial charge in [0.15, 0.2) is 5.76 Å². The van der Waals surface area contributed by atoms with Crippen molar-refractivity contribution in [3.8, 4) is 0 Å². The minimum Gasteiger partial charge on any atom is -0.451 e. The van der Waals surface area contributed by atoms with E-state index < -0.39 is 12.0 Å². The van der Waals surface area contributed by atoms with E-state index in [2.05, 4.69) is 5.32 Å². The van der Waals surface area contributed by atoms with E-state index in [1.807, 2.05) is 0 Å². The van der Waals surface area contributed by atoms with Crippen molar-refractivity contribution in [1.29, 1.82) is 0 Å². The molecule has 0 unspecified atom stereocenters. The van der Waals surface area contributed by atoms with Crippen LogP contribution in [0.25, 0.3) is 11.0 Å². The number of hydrogen-bond donors (Lipinski definition) is 2. The van der Waals surface area contributed by atoms with Crippen LogP contribution in [-0.2, 0) is 0 Å². The number of hydrogen-bond acceptors (Lipinski definition) is 3. The molecule has 0 spiro atoms. The monoisotopic (exact) mass is 251 g/mol. The number of amides is 1. The molecule has 2 aromatic rings. The fourth-order valence-corrected chi connectivity index (χ4v) is 1.73. The van der Waals surface area contributed by atoms with E-state index in [1.165, 1.54) is 18.2 Å². The zero-order valence-electron chi connectivity index (χ0n) is 10.2. The second-order valence-corrected chi connectivity index (χ2v) is 4.26. The summed E-state index contributed by atoms with van der Waals surface area (Å²) in [7, 11) is 0. The van der Waals surface area contributed by atoms with Crippen molar-refractivity contribution in [1.82, 2.24) is 5.32 Å². The first-order chi connectivity index (χ1) is 8.49. The lowest BCUT2D eigenvalue weighted by Gasteiger charge is -2.05. The van der Waals surface area contributed by atoms with E-state index in [9.17, 15) is 9.18 Å². The maximum absolute atomic E-state index is 13.1. The van der Waals surface area contributed by atoms with Gasteiger partial charge >= 0.3 is 0 Å². The molecule has 0 bridgehead atoms. The van der Waals surface area contributed by atoms with Gasteiger partial charge in [-0.3, -0.25) is 4.79 Å². The van der Waals surface area contributed by atoms with Crippen LogP contribution in [0.5, 0.6) is 0 Å². The number of aryl methyl sites for hydroxylation is 1. The summed E-state index contributed by atoms with van der Waals surface area (Å²) in [4.78, 5) is 11.8. The molecular weight excluding hydrogens is 237 g/mol. The van der Waals surface area contributed by atoms with Crippen molar-refractivity contribution in [2.24, 2.45) is 0 Å². The zero-order valence-corrected chi connectivity index (χ0v) is 10.2. The minimum atomic E-state index is -0.629. The van der Waals surface area contributed by atoms with E-state index in [4.69, 9.17) is 9.52 Å². The number of fused-ring (bicyclic) bond motifs is 1. The van der Waals surface area contributed by atoms with Gasteiger partial charge in [0.05, 0.1) is 6.10 Å². The number of aliphatic hydroxyl groups is 1. The summed E-state index contributed by atoms with van der Waals surface area (Å²) in [6.45, 7) is 3.41. The largest absolute Gasteiger partial charge is 0.451 e. The lowest BCUT2D eigenvalue weighted by Crippen LogP contribution is -2.30. The van der Waals surface area contributed by atoms with Crippen molar-refractivity contribution in [2.45, 2.75) is 20.0 Å². The molecule has 18 heavy (non-hydrogen) atoms. The first-order valence-electron chi connectivity index (χ1n) is 5.64. The summed E-state index contributed by atoms with van der Waals surface area (Å²) >= 11 is 0. The van der Waals surface area contributed by atoms with E-state index >= 15 is 0 Å². The van der Waals surface area contributed by atoms with Crippen LogP contribution in [0, 0.1) is 12.7 Å². The topological polar surface area (TPSA) is 62.5 Å². The molecule has 2 rings (SSSR count). The molecule has 1 aromatic carbocycles. The Morgan fingerprint density at radius 3 is 2.94 bits per heavy atom. The molecule has 4 nitrogen and oxygen atoms in total. The molecule has 2 N–H and O–H groups in total. The van der Waals surface area contributed by atoms with Crippen molar-refractivity contribution in [3.05, 3.63) is 35.3 Å². The molecule has 1 amide bonds. The number of halogens is 1. The number of aliphatic hydroxyl groups excluding tert-OH is 1. The third kappa shape index (κ3) is 2.36. The Hall–Kier alpha value is -1.88. The number of carbonyl (C=O) groups is 1. The average molecular weight is 251 g/mol. The second kappa shape index (κ2) is 4.78. The Labute approximate surface area is 103 Å². The molecule has 5 heteroatoms. The fraction of sp³-hybridized carbons (Fsp3) is 0.308. The zero-order chi connectivity index (χ0) is 13.3. The molecule has 1 heterocycles. The summed E-state index contributed by atoms with van der Waals surface area (Å²) < 4.78 is 18.5. The lowest BCUT2D eigenvalue weighted by molar-refractivity contribution is 0.0898. The normalized spacial score (nSPS) is 12.7. The van der Waals surface area contributed by atoms with E-state index in [0.717, 1.165) is 0 Å². The van der Waals surface area contributed by atoms with Gasteiger partial charge in [0.25, 0.3) is 5.91 Å². The highest BCUT2D eigenvalue weighted by molar-refractivity contribution is 5.98. The number of benzene rings is 1. The van der Waals surface area contributed by atoms with Crippen molar-refractivity contribution in [3.63, 3.8) is 0 Å². The van der Waals surface area contributed by atoms with Crippen LogP contribution in [0.15, 0.2) is 22.6 Å². The summed E-state index contributed by atoms with van der Waals surface area (Å²) in [5.41, 5.74) is 1.06. The summed E-state index contributed by atoms with van der Waals surface area (Å²) in [6, 6.07) is 4.10. The Bertz CT molecular complexity index is 589. The standard InChI is InChI=1S/C13H14FNO3/c1-7(16)6-15-13(17)12-8(2)10-5-9(14)3-4-11(10)18-12/h3-5,7,16H,6H2,1-2H3,(H,15,17)/t7-/m1/s1. The SMILES string of the molecule is Cc1c(C(=O)NC[C@@H](C)O)oc2ccc(F)cc12. The molecule has 0 fully saturated rings. The van der Waals surface area contributed by atoms with Crippen LogP contribution in [0.1, 0.15) is 23.0 Å². The van der Waals surface area contributed by atoms with E-state index in [-0.39, 0.29) is 18.1 Å². The summed E-state index contributed by atoms with van der Waals surface area (Å²) in [5, 5.41) is 12.2. The Morgan fingerprint density at radius 1 is 1.56 bits per heavy atom. The van der Waals surface area contributed by atoms with Gasteiger partial charge in [0, 0.05) is 17.5 Å². The predicted molar refractivity (Wildman–Crippen MR) is 64.9 cm³/mol. The van der Waals surface area contributed by atoms with Gasteiger partial charge in [0.2, 0.25) is 0 Å². The van der Waals surface area contributed by atoms with Gasteiger partial charge in [-0.25, -0.2) is 4.39 Å². The smallest absolute Gasteiger partial charge is 0.287 e. The third-order valence-corrected chi connectivity index (χ3v) is 2.66. The highest BCUT2D eigenvalue weighted by atomic mass is 19.1. The van der Waals surface area contributed by atoms with Crippen LogP contribution >= 0.6 is 0 Å². The van der Waals surface area contributed by atoms with Crippen LogP contribution in [0.4, 0.5) is 4.39 Å². The lowest BCUT2D eigenvalue weighted by atomic mass is 10.1. The number of furan rings is 1. The maximum Gasteiger partial charge on any atom is 0.287 e. The summed E-state index contributed by atoms with van der Waals surface area (Å²) in [6.07, 6.45) is -0.629. The molecule has 0 saturated heterocycles. The maximum atomic E-state index is 13.1. The second-order valence-electron chi connectivity index (χ2n) is 4.26. The molecule has 0 aliphatic rings. The highest BCUT2D eigenvalue weighted by Gasteiger charge is 2.17. The number of carbonyl (C=O) groups excluding carboxylic acids is 1. The minimum absolute atomic E-state index is 0.143. The van der Waals surface area contributed by atoms with Crippen molar-refractivity contribution in [2.75, 3.05) is 6.54 Å². The summed E-state index contributed by atoms with van der Waals surface area (Å²) in [5.74, 6) is -0.636. The number of rotatable bonds is 3. The number of nitrogens with one attached hydrogen (secondary N) is 1. The quantitative estimate of drug-likeness (QED) is 0.876. The Kier molecular flexibility index (Phi) is 3.34. The third-order valence-electron chi connectivity index (χ3n) is 2.66. The van der Waals surface area contributed by atoms with Crippen LogP contribution in [0.3, 0.4) is 0 Å². The van der Waals surface area contributed by atoms with Crippen LogP contribution in [0.2, 0.25) is 0 Å². The first-order valence-corrected chi connectivity index (χ1v) is 5.64. The van der Waals surface area contributed by atoms with Gasteiger partial charge in [0.1, 0.15) is 11.4 Å². The van der Waals surface area contributed by atoms with Crippen molar-refractivity contribution >= 4 is 16.9 Å². The van der Waals surface area contributed by atoms with Gasteiger partial charge in [-0.1, -0.05) is 0 Å². The molecular formula is C13H14FNO3. The highest BCUT2D eigenvalue weighted by Crippen LogP contribution is 2.25. The molecule has 0 aliphatic heterocycles. The molecule has 1 aromatic heterocycles. The molecule has 0 aliphatic carbocycles. The molecule has 0 saturated carbocycles. The molecule has 96 valence electrons. The van der Waals surface area contributed by atoms with Crippen LogP contribution in [-0.4, -0.2) is 23.7 Å². The van der Waals surface area contributed by atoms with Gasteiger partial charge in [-0.15, -0.1) is 0 Å². The van der Waals surface area contributed by atoms with E-state index in [0.29, 0.717) is 16.5 Å². The average Bonchev–Trinajstić information content (AvgIpc) is 2.64. The van der Waals surface area contributed by atoms with Crippen molar-refractivity contribution < 1.29 is 18.7 Å². The van der Waals surface area contributed by atoms with E-state index in [1.54, 1.807) is 13.8 Å². The van der Waals surface area contributed by atoms with Gasteiger partial charge < -0.3 is 14.8 Å². The Balaban J connectivity index is 2.34. The fourth-order valence-electron chi connectivity index (χ4n) is 1.73. The molecule has 1 atom stereocenters.